The fourth-order valence-electron chi connectivity index (χ4n) is 3.16. The normalized spacial score (nSPS) is 23.9. The molecule has 0 aromatic rings. The molecule has 23 heavy (non-hydrogen) atoms. The number of aliphatic carboxylic acids is 1. The van der Waals surface area contributed by atoms with E-state index in [4.69, 9.17) is 10.8 Å². The average molecular weight is 326 g/mol. The Morgan fingerprint density at radius 2 is 1.57 bits per heavy atom. The van der Waals surface area contributed by atoms with E-state index in [2.05, 4.69) is 5.32 Å². The molecule has 0 saturated carbocycles. The zero-order valence-corrected chi connectivity index (χ0v) is 12.9. The van der Waals surface area contributed by atoms with Crippen LogP contribution < -0.4 is 11.1 Å². The molecular weight excluding hydrogens is 304 g/mol. The van der Waals surface area contributed by atoms with Crippen LogP contribution in [-0.4, -0.2) is 76.9 Å². The SMILES string of the molecule is NCC(=O)N1CCC[C@H]1C(=O)NCC(=O)N1CCC[C@H]1C(=O)O. The monoisotopic (exact) mass is 326 g/mol. The standard InChI is InChI=1S/C14H22N4O5/c15-7-11(19)17-5-1-3-9(17)13(21)16-8-12(20)18-6-2-4-10(18)14(22)23/h9-10H,1-8,15H2,(H,16,21)(H,22,23)/t9-,10-/m0/s1. The molecule has 0 spiro atoms. The minimum Gasteiger partial charge on any atom is -0.480 e. The highest BCUT2D eigenvalue weighted by atomic mass is 16.4. The van der Waals surface area contributed by atoms with E-state index in [0.717, 1.165) is 0 Å². The van der Waals surface area contributed by atoms with Crippen molar-refractivity contribution in [1.82, 2.24) is 15.1 Å². The van der Waals surface area contributed by atoms with Gasteiger partial charge in [-0.05, 0) is 25.7 Å². The molecule has 4 N–H and O–H groups in total. The minimum atomic E-state index is -1.03. The number of nitrogens with two attached hydrogens (primary N) is 1. The number of carboxylic acid groups (broad SMARTS) is 1. The lowest BCUT2D eigenvalue weighted by Crippen LogP contribution is -2.51. The maximum Gasteiger partial charge on any atom is 0.326 e. The zero-order valence-electron chi connectivity index (χ0n) is 12.9. The molecule has 0 aromatic carbocycles. The molecule has 128 valence electrons. The van der Waals surface area contributed by atoms with Crippen molar-refractivity contribution in [2.75, 3.05) is 26.2 Å². The van der Waals surface area contributed by atoms with E-state index in [1.807, 2.05) is 0 Å². The van der Waals surface area contributed by atoms with Gasteiger partial charge in [0.25, 0.3) is 0 Å². The van der Waals surface area contributed by atoms with E-state index < -0.39 is 29.9 Å². The largest absolute Gasteiger partial charge is 0.480 e. The Labute approximate surface area is 133 Å². The second-order valence-corrected chi connectivity index (χ2v) is 5.75. The summed E-state index contributed by atoms with van der Waals surface area (Å²) in [6.07, 6.45) is 2.31. The molecule has 2 rings (SSSR count). The van der Waals surface area contributed by atoms with E-state index in [0.29, 0.717) is 38.8 Å². The number of nitrogens with zero attached hydrogens (tertiary/aromatic N) is 2. The van der Waals surface area contributed by atoms with Crippen LogP contribution >= 0.6 is 0 Å². The number of carboxylic acids is 1. The number of hydrogen-bond donors (Lipinski definition) is 3. The first-order valence-corrected chi connectivity index (χ1v) is 7.75. The van der Waals surface area contributed by atoms with Crippen LogP contribution in [0.25, 0.3) is 0 Å². The molecule has 0 aliphatic carbocycles. The molecule has 0 aromatic heterocycles. The van der Waals surface area contributed by atoms with Gasteiger partial charge in [0, 0.05) is 13.1 Å². The van der Waals surface area contributed by atoms with Crippen LogP contribution in [0.4, 0.5) is 0 Å². The molecule has 2 aliphatic rings. The summed E-state index contributed by atoms with van der Waals surface area (Å²) in [6.45, 7) is 0.447. The van der Waals surface area contributed by atoms with Crippen molar-refractivity contribution in [1.29, 1.82) is 0 Å². The molecule has 2 saturated heterocycles. The van der Waals surface area contributed by atoms with E-state index in [-0.39, 0.29) is 19.0 Å². The summed E-state index contributed by atoms with van der Waals surface area (Å²) in [7, 11) is 0. The molecule has 2 heterocycles. The lowest BCUT2D eigenvalue weighted by atomic mass is 10.2. The first-order valence-electron chi connectivity index (χ1n) is 7.75. The summed E-state index contributed by atoms with van der Waals surface area (Å²) >= 11 is 0. The minimum absolute atomic E-state index is 0.156. The van der Waals surface area contributed by atoms with Gasteiger partial charge in [0.15, 0.2) is 0 Å². The van der Waals surface area contributed by atoms with Crippen LogP contribution in [0.2, 0.25) is 0 Å². The Hall–Kier alpha value is -2.16. The summed E-state index contributed by atoms with van der Waals surface area (Å²) in [5.74, 6) is -2.14. The molecule has 9 heteroatoms. The highest BCUT2D eigenvalue weighted by Crippen LogP contribution is 2.18. The molecule has 9 nitrogen and oxygen atoms in total. The van der Waals surface area contributed by atoms with Crippen LogP contribution in [0.1, 0.15) is 25.7 Å². The average Bonchev–Trinajstić information content (AvgIpc) is 3.19. The summed E-state index contributed by atoms with van der Waals surface area (Å²) in [6, 6.07) is -1.42. The van der Waals surface area contributed by atoms with Gasteiger partial charge < -0.3 is 26.0 Å². The van der Waals surface area contributed by atoms with Crippen molar-refractivity contribution >= 4 is 23.7 Å². The molecule has 0 radical (unpaired) electrons. The van der Waals surface area contributed by atoms with Gasteiger partial charge in [-0.1, -0.05) is 0 Å². The van der Waals surface area contributed by atoms with E-state index in [1.165, 1.54) is 9.80 Å². The Morgan fingerprint density at radius 3 is 2.13 bits per heavy atom. The van der Waals surface area contributed by atoms with Gasteiger partial charge in [0.05, 0.1) is 13.1 Å². The van der Waals surface area contributed by atoms with Gasteiger partial charge >= 0.3 is 5.97 Å². The molecule has 2 fully saturated rings. The van der Waals surface area contributed by atoms with Crippen molar-refractivity contribution in [3.05, 3.63) is 0 Å². The molecule has 2 atom stereocenters. The Kier molecular flexibility index (Phi) is 5.54. The van der Waals surface area contributed by atoms with Gasteiger partial charge in [-0.15, -0.1) is 0 Å². The van der Waals surface area contributed by atoms with Crippen LogP contribution in [0, 0.1) is 0 Å². The van der Waals surface area contributed by atoms with Gasteiger partial charge in [0.1, 0.15) is 12.1 Å². The van der Waals surface area contributed by atoms with Gasteiger partial charge in [0.2, 0.25) is 17.7 Å². The number of nitrogens with one attached hydrogen (secondary N) is 1. The molecule has 0 bridgehead atoms. The van der Waals surface area contributed by atoms with E-state index in [1.54, 1.807) is 0 Å². The lowest BCUT2D eigenvalue weighted by Gasteiger charge is -2.25. The van der Waals surface area contributed by atoms with Crippen molar-refractivity contribution in [3.8, 4) is 0 Å². The maximum absolute atomic E-state index is 12.2. The van der Waals surface area contributed by atoms with Crippen molar-refractivity contribution in [3.63, 3.8) is 0 Å². The third-order valence-electron chi connectivity index (χ3n) is 4.32. The second-order valence-electron chi connectivity index (χ2n) is 5.75. The van der Waals surface area contributed by atoms with Gasteiger partial charge in [-0.2, -0.15) is 0 Å². The third kappa shape index (κ3) is 3.79. The topological polar surface area (TPSA) is 133 Å². The lowest BCUT2D eigenvalue weighted by molar-refractivity contribution is -0.148. The third-order valence-corrected chi connectivity index (χ3v) is 4.32. The van der Waals surface area contributed by atoms with Crippen LogP contribution in [-0.2, 0) is 19.2 Å². The second kappa shape index (κ2) is 7.40. The summed E-state index contributed by atoms with van der Waals surface area (Å²) in [4.78, 5) is 49.7. The first kappa shape index (κ1) is 17.2. The fourth-order valence-corrected chi connectivity index (χ4v) is 3.16. The Bertz CT molecular complexity index is 509. The first-order chi connectivity index (χ1) is 11.0. The number of carbonyl (C=O) groups is 4. The highest BCUT2D eigenvalue weighted by molar-refractivity contribution is 5.92. The van der Waals surface area contributed by atoms with Crippen LogP contribution in [0.15, 0.2) is 0 Å². The number of amides is 3. The quantitative estimate of drug-likeness (QED) is 0.542. The zero-order chi connectivity index (χ0) is 17.0. The van der Waals surface area contributed by atoms with Crippen molar-refractivity contribution < 1.29 is 24.3 Å². The summed E-state index contributed by atoms with van der Waals surface area (Å²) in [5.41, 5.74) is 5.32. The molecule has 0 unspecified atom stereocenters. The van der Waals surface area contributed by atoms with E-state index >= 15 is 0 Å². The van der Waals surface area contributed by atoms with Gasteiger partial charge in [-0.3, -0.25) is 14.4 Å². The number of likely N-dealkylation sites (tertiary alicyclic amines) is 2. The fraction of sp³-hybridized carbons (Fsp3) is 0.714. The molecular formula is C14H22N4O5. The Morgan fingerprint density at radius 1 is 1.00 bits per heavy atom. The van der Waals surface area contributed by atoms with Gasteiger partial charge in [-0.25, -0.2) is 4.79 Å². The highest BCUT2D eigenvalue weighted by Gasteiger charge is 2.36. The number of hydrogen-bond acceptors (Lipinski definition) is 5. The summed E-state index contributed by atoms with van der Waals surface area (Å²) in [5, 5.41) is 11.6. The maximum atomic E-state index is 12.2. The predicted octanol–water partition coefficient (Wildman–Crippen LogP) is -1.87. The van der Waals surface area contributed by atoms with Crippen LogP contribution in [0.3, 0.4) is 0 Å². The Balaban J connectivity index is 1.87. The summed E-state index contributed by atoms with van der Waals surface area (Å²) < 4.78 is 0. The number of carbonyl (C=O) groups excluding carboxylic acids is 3. The van der Waals surface area contributed by atoms with Crippen LogP contribution in [0.5, 0.6) is 0 Å². The van der Waals surface area contributed by atoms with E-state index in [9.17, 15) is 19.2 Å². The molecule has 2 aliphatic heterocycles. The van der Waals surface area contributed by atoms with Crippen molar-refractivity contribution in [2.45, 2.75) is 37.8 Å². The number of rotatable bonds is 5. The van der Waals surface area contributed by atoms with Crippen molar-refractivity contribution in [2.24, 2.45) is 5.73 Å². The smallest absolute Gasteiger partial charge is 0.326 e. The predicted molar refractivity (Wildman–Crippen MR) is 79.2 cm³/mol. The molecule has 3 amide bonds.